The monoisotopic (exact) mass is 423 g/mol. The summed E-state index contributed by atoms with van der Waals surface area (Å²) in [7, 11) is 0. The van der Waals surface area contributed by atoms with Gasteiger partial charge in [0.2, 0.25) is 0 Å². The lowest BCUT2D eigenvalue weighted by Crippen LogP contribution is -2.43. The van der Waals surface area contributed by atoms with Crippen molar-refractivity contribution in [3.05, 3.63) is 53.1 Å². The van der Waals surface area contributed by atoms with Gasteiger partial charge in [-0.25, -0.2) is 9.97 Å². The Morgan fingerprint density at radius 1 is 1.07 bits per heavy atom. The average Bonchev–Trinajstić information content (AvgIpc) is 2.68. The first-order valence-corrected chi connectivity index (χ1v) is 9.21. The van der Waals surface area contributed by atoms with Crippen LogP contribution >= 0.6 is 24.0 Å². The van der Waals surface area contributed by atoms with E-state index in [2.05, 4.69) is 32.8 Å². The van der Waals surface area contributed by atoms with E-state index in [0.717, 1.165) is 25.9 Å². The Morgan fingerprint density at radius 3 is 2.25 bits per heavy atom. The van der Waals surface area contributed by atoms with Gasteiger partial charge in [0.1, 0.15) is 0 Å². The summed E-state index contributed by atoms with van der Waals surface area (Å²) in [5, 5.41) is 9.50. The van der Waals surface area contributed by atoms with Crippen molar-refractivity contribution in [3.8, 4) is 0 Å². The first-order chi connectivity index (χ1) is 13.0. The molecule has 2 aromatic rings. The van der Waals surface area contributed by atoms with Gasteiger partial charge in [-0.05, 0) is 55.6 Å². The number of hydrogen-bond donors (Lipinski definition) is 3. The van der Waals surface area contributed by atoms with Crippen molar-refractivity contribution >= 4 is 41.5 Å². The largest absolute Gasteiger partial charge is 0.350 e. The third-order valence-corrected chi connectivity index (χ3v) is 4.97. The molecule has 0 bridgehead atoms. The third-order valence-electron chi connectivity index (χ3n) is 4.72. The van der Waals surface area contributed by atoms with Crippen LogP contribution in [0.25, 0.3) is 0 Å². The summed E-state index contributed by atoms with van der Waals surface area (Å²) in [6, 6.07) is 6.69. The minimum absolute atomic E-state index is 0. The molecule has 0 radical (unpaired) electrons. The quantitative estimate of drug-likeness (QED) is 0.686. The van der Waals surface area contributed by atoms with E-state index in [1.807, 2.05) is 0 Å². The SMILES string of the molecule is CC1(CNC(=O)c2nccnc2C(=O)Nc2ccc(Cl)cc2)CCNCC1.Cl. The fourth-order valence-electron chi connectivity index (χ4n) is 2.98. The predicted molar refractivity (Wildman–Crippen MR) is 111 cm³/mol. The number of anilines is 1. The van der Waals surface area contributed by atoms with Crippen LogP contribution in [0.3, 0.4) is 0 Å². The summed E-state index contributed by atoms with van der Waals surface area (Å²) in [6.07, 6.45) is 4.76. The Bertz CT molecular complexity index is 823. The zero-order valence-electron chi connectivity index (χ0n) is 15.5. The van der Waals surface area contributed by atoms with Crippen LogP contribution in [0, 0.1) is 5.41 Å². The van der Waals surface area contributed by atoms with Gasteiger partial charge in [-0.2, -0.15) is 0 Å². The minimum atomic E-state index is -0.497. The lowest BCUT2D eigenvalue weighted by atomic mass is 9.81. The maximum absolute atomic E-state index is 12.6. The van der Waals surface area contributed by atoms with Gasteiger partial charge < -0.3 is 16.0 Å². The number of benzene rings is 1. The first kappa shape index (κ1) is 22.1. The maximum atomic E-state index is 12.6. The highest BCUT2D eigenvalue weighted by molar-refractivity contribution is 6.30. The summed E-state index contributed by atoms with van der Waals surface area (Å²) < 4.78 is 0. The summed E-state index contributed by atoms with van der Waals surface area (Å²) in [4.78, 5) is 33.3. The molecule has 2 heterocycles. The van der Waals surface area contributed by atoms with E-state index < -0.39 is 11.8 Å². The predicted octanol–water partition coefficient (Wildman–Crippen LogP) is 2.92. The average molecular weight is 424 g/mol. The number of nitrogens with zero attached hydrogens (tertiary/aromatic N) is 2. The first-order valence-electron chi connectivity index (χ1n) is 8.84. The Labute approximate surface area is 175 Å². The zero-order valence-corrected chi connectivity index (χ0v) is 17.1. The summed E-state index contributed by atoms with van der Waals surface area (Å²) >= 11 is 5.85. The fourth-order valence-corrected chi connectivity index (χ4v) is 3.10. The van der Waals surface area contributed by atoms with Crippen molar-refractivity contribution in [1.29, 1.82) is 0 Å². The summed E-state index contributed by atoms with van der Waals surface area (Å²) in [5.41, 5.74) is 0.597. The number of aromatic nitrogens is 2. The smallest absolute Gasteiger partial charge is 0.276 e. The standard InChI is InChI=1S/C19H22ClN5O2.ClH/c1-19(6-8-21-9-7-19)12-24-17(26)15-16(23-11-10-22-15)18(27)25-14-4-2-13(20)3-5-14;/h2-5,10-11,21H,6-9,12H2,1H3,(H,24,26)(H,25,27);1H. The number of piperidine rings is 1. The molecule has 0 spiro atoms. The molecule has 1 aromatic carbocycles. The number of nitrogens with one attached hydrogen (secondary N) is 3. The second-order valence-electron chi connectivity index (χ2n) is 6.96. The van der Waals surface area contributed by atoms with Crippen molar-refractivity contribution in [2.24, 2.45) is 5.41 Å². The van der Waals surface area contributed by atoms with Crippen LogP contribution in [-0.4, -0.2) is 41.4 Å². The summed E-state index contributed by atoms with van der Waals surface area (Å²) in [6.45, 7) is 4.56. The van der Waals surface area contributed by atoms with Crippen LogP contribution in [0.2, 0.25) is 5.02 Å². The van der Waals surface area contributed by atoms with Gasteiger partial charge in [-0.15, -0.1) is 12.4 Å². The van der Waals surface area contributed by atoms with Crippen LogP contribution in [0.15, 0.2) is 36.7 Å². The molecule has 1 aromatic heterocycles. The van der Waals surface area contributed by atoms with Gasteiger partial charge in [0.15, 0.2) is 11.4 Å². The molecule has 3 N–H and O–H groups in total. The lowest BCUT2D eigenvalue weighted by molar-refractivity contribution is 0.0905. The summed E-state index contributed by atoms with van der Waals surface area (Å²) in [5.74, 6) is -0.896. The van der Waals surface area contributed by atoms with Crippen LogP contribution in [0.5, 0.6) is 0 Å². The van der Waals surface area contributed by atoms with Gasteiger partial charge in [-0.1, -0.05) is 18.5 Å². The molecule has 0 aliphatic carbocycles. The Kier molecular flexibility index (Phi) is 7.74. The number of hydrogen-bond acceptors (Lipinski definition) is 5. The van der Waals surface area contributed by atoms with Crippen LogP contribution < -0.4 is 16.0 Å². The van der Waals surface area contributed by atoms with Gasteiger partial charge in [0.05, 0.1) is 0 Å². The van der Waals surface area contributed by atoms with E-state index in [1.54, 1.807) is 24.3 Å². The second-order valence-corrected chi connectivity index (χ2v) is 7.39. The molecule has 0 atom stereocenters. The van der Waals surface area contributed by atoms with Crippen molar-refractivity contribution in [2.75, 3.05) is 25.0 Å². The molecule has 0 saturated carbocycles. The van der Waals surface area contributed by atoms with Crippen molar-refractivity contribution in [3.63, 3.8) is 0 Å². The number of carbonyl (C=O) groups is 2. The Morgan fingerprint density at radius 2 is 1.64 bits per heavy atom. The van der Waals surface area contributed by atoms with E-state index >= 15 is 0 Å². The highest BCUT2D eigenvalue weighted by atomic mass is 35.5. The molecule has 0 unspecified atom stereocenters. The van der Waals surface area contributed by atoms with Gasteiger partial charge in [0.25, 0.3) is 11.8 Å². The minimum Gasteiger partial charge on any atom is -0.350 e. The highest BCUT2D eigenvalue weighted by Crippen LogP contribution is 2.26. The highest BCUT2D eigenvalue weighted by Gasteiger charge is 2.28. The molecule has 1 fully saturated rings. The number of amides is 2. The van der Waals surface area contributed by atoms with Gasteiger partial charge >= 0.3 is 0 Å². The molecule has 9 heteroatoms. The Balaban J connectivity index is 0.00000280. The molecule has 3 rings (SSSR count). The van der Waals surface area contributed by atoms with E-state index in [-0.39, 0.29) is 29.2 Å². The third kappa shape index (κ3) is 5.64. The van der Waals surface area contributed by atoms with E-state index in [9.17, 15) is 9.59 Å². The van der Waals surface area contributed by atoms with Crippen molar-refractivity contribution in [2.45, 2.75) is 19.8 Å². The number of carbonyl (C=O) groups excluding carboxylic acids is 2. The normalized spacial score (nSPS) is 15.2. The second kappa shape index (κ2) is 9.82. The molecule has 1 aliphatic rings. The van der Waals surface area contributed by atoms with Gasteiger partial charge in [-0.3, -0.25) is 9.59 Å². The van der Waals surface area contributed by atoms with E-state index in [1.165, 1.54) is 12.4 Å². The molecule has 1 aliphatic heterocycles. The van der Waals surface area contributed by atoms with Crippen LogP contribution in [-0.2, 0) is 0 Å². The van der Waals surface area contributed by atoms with Gasteiger partial charge in [0, 0.05) is 29.6 Å². The maximum Gasteiger partial charge on any atom is 0.276 e. The molecule has 1 saturated heterocycles. The number of rotatable bonds is 5. The van der Waals surface area contributed by atoms with E-state index in [4.69, 9.17) is 11.6 Å². The lowest BCUT2D eigenvalue weighted by Gasteiger charge is -2.34. The molecule has 2 amide bonds. The van der Waals surface area contributed by atoms with Crippen LogP contribution in [0.4, 0.5) is 5.69 Å². The molecule has 28 heavy (non-hydrogen) atoms. The molecule has 150 valence electrons. The van der Waals surface area contributed by atoms with Crippen molar-refractivity contribution in [1.82, 2.24) is 20.6 Å². The molecular weight excluding hydrogens is 401 g/mol. The van der Waals surface area contributed by atoms with E-state index in [0.29, 0.717) is 17.3 Å². The molecule has 7 nitrogen and oxygen atoms in total. The van der Waals surface area contributed by atoms with Crippen molar-refractivity contribution < 1.29 is 9.59 Å². The topological polar surface area (TPSA) is 96.0 Å². The Hall–Kier alpha value is -2.22. The van der Waals surface area contributed by atoms with Crippen LogP contribution in [0.1, 0.15) is 40.7 Å². The molecular formula is C19H23Cl2N5O2. The fraction of sp³-hybridized carbons (Fsp3) is 0.368. The number of halogens is 2. The zero-order chi connectivity index (χ0) is 19.3.